The summed E-state index contributed by atoms with van der Waals surface area (Å²) in [4.78, 5) is 0. The molecule has 20 heavy (non-hydrogen) atoms. The highest BCUT2D eigenvalue weighted by molar-refractivity contribution is 5.12. The van der Waals surface area contributed by atoms with Gasteiger partial charge in [0.15, 0.2) is 0 Å². The molecule has 0 aliphatic heterocycles. The molecule has 0 atom stereocenters. The lowest BCUT2D eigenvalue weighted by molar-refractivity contribution is 0.0198. The van der Waals surface area contributed by atoms with Gasteiger partial charge in [-0.2, -0.15) is 0 Å². The maximum Gasteiger partial charge on any atom is -0.0163 e. The van der Waals surface area contributed by atoms with E-state index in [1.807, 2.05) is 0 Å². The zero-order valence-electron chi connectivity index (χ0n) is 12.6. The summed E-state index contributed by atoms with van der Waals surface area (Å²) in [5.41, 5.74) is 0. The predicted molar refractivity (Wildman–Crippen MR) is 87.5 cm³/mol. The van der Waals surface area contributed by atoms with E-state index in [9.17, 15) is 0 Å². The average Bonchev–Trinajstić information content (AvgIpc) is 3.17. The normalized spacial score (nSPS) is 37.6. The summed E-state index contributed by atoms with van der Waals surface area (Å²) in [7, 11) is 0. The standard InChI is InChI=1S/C10H16.2C5H6/c1-7-2-9-4-8(1)5-10(3-7)6-9;2*1-2-4-5-3-1/h7-10H,1-6H2;2*1-4H,5H2. The Labute approximate surface area is 124 Å². The van der Waals surface area contributed by atoms with Crippen LogP contribution < -0.4 is 0 Å². The third-order valence-corrected chi connectivity index (χ3v) is 5.31. The van der Waals surface area contributed by atoms with Crippen LogP contribution in [0.2, 0.25) is 0 Å². The molecule has 4 bridgehead atoms. The fraction of sp³-hybridized carbons (Fsp3) is 0.600. The summed E-state index contributed by atoms with van der Waals surface area (Å²) < 4.78 is 0. The fourth-order valence-electron chi connectivity index (χ4n) is 4.77. The molecule has 0 spiro atoms. The van der Waals surface area contributed by atoms with Crippen LogP contribution in [0.15, 0.2) is 48.6 Å². The van der Waals surface area contributed by atoms with Crippen LogP contribution in [-0.4, -0.2) is 0 Å². The van der Waals surface area contributed by atoms with Crippen LogP contribution in [0, 0.1) is 23.7 Å². The lowest BCUT2D eigenvalue weighted by Crippen LogP contribution is -2.38. The van der Waals surface area contributed by atoms with Crippen molar-refractivity contribution in [3.63, 3.8) is 0 Å². The summed E-state index contributed by atoms with van der Waals surface area (Å²) in [6, 6.07) is 0. The van der Waals surface area contributed by atoms with Crippen molar-refractivity contribution in [1.82, 2.24) is 0 Å². The summed E-state index contributed by atoms with van der Waals surface area (Å²) in [5.74, 6) is 4.71. The molecule has 6 aliphatic carbocycles. The quantitative estimate of drug-likeness (QED) is 0.518. The van der Waals surface area contributed by atoms with Crippen LogP contribution in [0.1, 0.15) is 51.4 Å². The Morgan fingerprint density at radius 1 is 0.400 bits per heavy atom. The van der Waals surface area contributed by atoms with Gasteiger partial charge in [-0.3, -0.25) is 0 Å². The third-order valence-electron chi connectivity index (χ3n) is 5.31. The van der Waals surface area contributed by atoms with Gasteiger partial charge < -0.3 is 0 Å². The Hall–Kier alpha value is -1.04. The van der Waals surface area contributed by atoms with Gasteiger partial charge in [-0.15, -0.1) is 0 Å². The molecule has 6 aliphatic rings. The van der Waals surface area contributed by atoms with Crippen molar-refractivity contribution in [2.75, 3.05) is 0 Å². The van der Waals surface area contributed by atoms with Gasteiger partial charge in [-0.05, 0) is 75.0 Å². The molecule has 0 unspecified atom stereocenters. The maximum atomic E-state index is 2.12. The molecule has 0 aromatic carbocycles. The molecule has 0 N–H and O–H groups in total. The van der Waals surface area contributed by atoms with E-state index in [2.05, 4.69) is 48.6 Å². The first kappa shape index (κ1) is 13.9. The van der Waals surface area contributed by atoms with Crippen LogP contribution in [-0.2, 0) is 0 Å². The Morgan fingerprint density at radius 2 is 0.650 bits per heavy atom. The average molecular weight is 268 g/mol. The molecule has 0 aromatic rings. The highest BCUT2D eigenvalue weighted by Crippen LogP contribution is 2.53. The van der Waals surface area contributed by atoms with Crippen molar-refractivity contribution < 1.29 is 0 Å². The van der Waals surface area contributed by atoms with Gasteiger partial charge in [0.1, 0.15) is 0 Å². The number of hydrogen-bond acceptors (Lipinski definition) is 0. The highest BCUT2D eigenvalue weighted by Gasteiger charge is 2.41. The molecule has 0 radical (unpaired) electrons. The second-order valence-electron chi connectivity index (χ2n) is 7.06. The summed E-state index contributed by atoms with van der Waals surface area (Å²) in [5, 5.41) is 0. The van der Waals surface area contributed by atoms with E-state index >= 15 is 0 Å². The van der Waals surface area contributed by atoms with E-state index in [0.29, 0.717) is 0 Å². The number of allylic oxidation sites excluding steroid dienone is 8. The largest absolute Gasteiger partial charge is 0.0808 e. The minimum Gasteiger partial charge on any atom is -0.0808 e. The molecule has 108 valence electrons. The number of hydrogen-bond donors (Lipinski definition) is 0. The van der Waals surface area contributed by atoms with Crippen LogP contribution in [0.5, 0.6) is 0 Å². The van der Waals surface area contributed by atoms with Gasteiger partial charge in [0.2, 0.25) is 0 Å². The Morgan fingerprint density at radius 3 is 0.800 bits per heavy atom. The lowest BCUT2D eigenvalue weighted by Gasteiger charge is -2.49. The summed E-state index contributed by atoms with van der Waals surface area (Å²) >= 11 is 0. The first-order chi connectivity index (χ1) is 9.90. The summed E-state index contributed by atoms with van der Waals surface area (Å²) in [6.45, 7) is 0. The Kier molecular flexibility index (Phi) is 4.95. The first-order valence-corrected chi connectivity index (χ1v) is 8.53. The van der Waals surface area contributed by atoms with Crippen molar-refractivity contribution in [1.29, 1.82) is 0 Å². The molecule has 0 aromatic heterocycles. The maximum absolute atomic E-state index is 2.12. The second-order valence-corrected chi connectivity index (χ2v) is 7.06. The Bertz CT molecular complexity index is 309. The van der Waals surface area contributed by atoms with Crippen LogP contribution in [0.4, 0.5) is 0 Å². The zero-order chi connectivity index (χ0) is 13.6. The lowest BCUT2D eigenvalue weighted by atomic mass is 9.56. The van der Waals surface area contributed by atoms with E-state index in [1.54, 1.807) is 38.5 Å². The zero-order valence-corrected chi connectivity index (χ0v) is 12.6. The minimum atomic E-state index is 1.14. The van der Waals surface area contributed by atoms with Gasteiger partial charge in [-0.1, -0.05) is 48.6 Å². The van der Waals surface area contributed by atoms with Crippen molar-refractivity contribution in [3.8, 4) is 0 Å². The topological polar surface area (TPSA) is 0 Å². The molecule has 4 fully saturated rings. The van der Waals surface area contributed by atoms with Crippen molar-refractivity contribution in [2.24, 2.45) is 23.7 Å². The number of rotatable bonds is 0. The van der Waals surface area contributed by atoms with Crippen LogP contribution in [0.25, 0.3) is 0 Å². The second kappa shape index (κ2) is 7.11. The van der Waals surface area contributed by atoms with Gasteiger partial charge >= 0.3 is 0 Å². The summed E-state index contributed by atoms with van der Waals surface area (Å²) in [6.07, 6.45) is 28.6. The minimum absolute atomic E-state index is 1.14. The van der Waals surface area contributed by atoms with Gasteiger partial charge in [-0.25, -0.2) is 0 Å². The molecule has 0 saturated heterocycles. The molecule has 0 heterocycles. The molecule has 0 amide bonds. The van der Waals surface area contributed by atoms with Gasteiger partial charge in [0.25, 0.3) is 0 Å². The SMILES string of the molecule is C1=CCC=C1.C1=CCC=C1.C1C2CC3CC1CC(C2)C3. The van der Waals surface area contributed by atoms with Crippen molar-refractivity contribution in [3.05, 3.63) is 48.6 Å². The monoisotopic (exact) mass is 268 g/mol. The van der Waals surface area contributed by atoms with Crippen molar-refractivity contribution >= 4 is 0 Å². The fourth-order valence-corrected chi connectivity index (χ4v) is 4.77. The van der Waals surface area contributed by atoms with Crippen molar-refractivity contribution in [2.45, 2.75) is 51.4 Å². The molecular weight excluding hydrogens is 240 g/mol. The van der Waals surface area contributed by atoms with Gasteiger partial charge in [0.05, 0.1) is 0 Å². The van der Waals surface area contributed by atoms with Crippen LogP contribution >= 0.6 is 0 Å². The van der Waals surface area contributed by atoms with E-state index in [4.69, 9.17) is 0 Å². The van der Waals surface area contributed by atoms with E-state index in [0.717, 1.165) is 12.8 Å². The first-order valence-electron chi connectivity index (χ1n) is 8.53. The van der Waals surface area contributed by atoms with E-state index in [-0.39, 0.29) is 0 Å². The highest BCUT2D eigenvalue weighted by atomic mass is 14.5. The van der Waals surface area contributed by atoms with Crippen LogP contribution in [0.3, 0.4) is 0 Å². The van der Waals surface area contributed by atoms with E-state index in [1.165, 1.54) is 23.7 Å². The molecular formula is C20H28. The predicted octanol–water partition coefficient (Wildman–Crippen LogP) is 5.84. The smallest absolute Gasteiger partial charge is 0.0163 e. The molecule has 0 nitrogen and oxygen atoms in total. The third kappa shape index (κ3) is 3.98. The Balaban J connectivity index is 0.000000103. The molecule has 4 saturated carbocycles. The molecule has 0 heteroatoms. The molecule has 6 rings (SSSR count). The van der Waals surface area contributed by atoms with Gasteiger partial charge in [0, 0.05) is 0 Å². The van der Waals surface area contributed by atoms with E-state index < -0.39 is 0 Å².